The summed E-state index contributed by atoms with van der Waals surface area (Å²) in [5, 5.41) is 9.58. The molecule has 0 saturated heterocycles. The van der Waals surface area contributed by atoms with Gasteiger partial charge < -0.3 is 5.11 Å². The zero-order chi connectivity index (χ0) is 9.52. The van der Waals surface area contributed by atoms with Crippen molar-refractivity contribution in [3.8, 4) is 0 Å². The highest BCUT2D eigenvalue weighted by Gasteiger charge is 2.42. The maximum atomic E-state index is 11.3. The molecule has 12 heavy (non-hydrogen) atoms. The second-order valence-electron chi connectivity index (χ2n) is 3.43. The molecule has 0 aliphatic heterocycles. The Morgan fingerprint density at radius 2 is 2.00 bits per heavy atom. The summed E-state index contributed by atoms with van der Waals surface area (Å²) in [6.07, 6.45) is 1.21. The van der Waals surface area contributed by atoms with E-state index in [9.17, 15) is 14.7 Å². The molecule has 0 heterocycles. The summed E-state index contributed by atoms with van der Waals surface area (Å²) in [7, 11) is 0. The fraction of sp³-hybridized carbons (Fsp3) is 0.556. The topological polar surface area (TPSA) is 54.4 Å². The van der Waals surface area contributed by atoms with E-state index in [2.05, 4.69) is 0 Å². The first-order chi connectivity index (χ1) is 5.37. The Morgan fingerprint density at radius 1 is 1.50 bits per heavy atom. The zero-order valence-corrected chi connectivity index (χ0v) is 7.42. The van der Waals surface area contributed by atoms with Gasteiger partial charge in [-0.25, -0.2) is 0 Å². The summed E-state index contributed by atoms with van der Waals surface area (Å²) in [6, 6.07) is 0. The van der Waals surface area contributed by atoms with Crippen molar-refractivity contribution in [3.63, 3.8) is 0 Å². The number of rotatable bonds is 0. The van der Waals surface area contributed by atoms with Crippen LogP contribution in [0.2, 0.25) is 0 Å². The third-order valence-electron chi connectivity index (χ3n) is 2.47. The first kappa shape index (κ1) is 9.13. The molecule has 1 N–H and O–H groups in total. The van der Waals surface area contributed by atoms with Gasteiger partial charge in [-0.2, -0.15) is 0 Å². The Bertz CT molecular complexity index is 273. The number of carbonyl (C=O) groups excluding carboxylic acids is 2. The van der Waals surface area contributed by atoms with Crippen molar-refractivity contribution in [1.29, 1.82) is 0 Å². The molecule has 1 aliphatic rings. The van der Waals surface area contributed by atoms with Gasteiger partial charge in [-0.1, -0.05) is 6.92 Å². The molecule has 1 rings (SSSR count). The van der Waals surface area contributed by atoms with Crippen LogP contribution in [0.25, 0.3) is 0 Å². The predicted molar refractivity (Wildman–Crippen MR) is 43.6 cm³/mol. The average Bonchev–Trinajstić information content (AvgIpc) is 1.99. The third kappa shape index (κ3) is 1.10. The van der Waals surface area contributed by atoms with E-state index >= 15 is 0 Å². The van der Waals surface area contributed by atoms with Crippen LogP contribution in [-0.2, 0) is 9.59 Å². The van der Waals surface area contributed by atoms with Crippen LogP contribution in [0.5, 0.6) is 0 Å². The van der Waals surface area contributed by atoms with E-state index in [0.717, 1.165) is 0 Å². The lowest BCUT2D eigenvalue weighted by molar-refractivity contribution is -0.144. The number of hydrogen-bond donors (Lipinski definition) is 1. The lowest BCUT2D eigenvalue weighted by Gasteiger charge is -2.30. The molecule has 0 aromatic rings. The minimum Gasteiger partial charge on any atom is -0.381 e. The number of ketones is 2. The molecular formula is C9H12O3. The Hall–Kier alpha value is -0.960. The third-order valence-corrected chi connectivity index (χ3v) is 2.47. The van der Waals surface area contributed by atoms with Crippen molar-refractivity contribution < 1.29 is 14.7 Å². The summed E-state index contributed by atoms with van der Waals surface area (Å²) in [4.78, 5) is 22.5. The molecule has 0 aromatic carbocycles. The molecule has 0 bridgehead atoms. The largest absolute Gasteiger partial charge is 0.381 e. The van der Waals surface area contributed by atoms with Gasteiger partial charge in [0.25, 0.3) is 0 Å². The maximum Gasteiger partial charge on any atom is 0.188 e. The van der Waals surface area contributed by atoms with E-state index in [0.29, 0.717) is 5.57 Å². The molecule has 0 radical (unpaired) electrons. The second kappa shape index (κ2) is 2.52. The van der Waals surface area contributed by atoms with Crippen molar-refractivity contribution in [2.45, 2.75) is 26.4 Å². The van der Waals surface area contributed by atoms with Crippen LogP contribution < -0.4 is 0 Å². The van der Waals surface area contributed by atoms with E-state index in [-0.39, 0.29) is 11.6 Å². The lowest BCUT2D eigenvalue weighted by atomic mass is 9.77. The van der Waals surface area contributed by atoms with Crippen molar-refractivity contribution in [2.75, 3.05) is 0 Å². The van der Waals surface area contributed by atoms with Gasteiger partial charge in [0.1, 0.15) is 5.60 Å². The number of Topliss-reactive ketones (excluding diaryl/α,β-unsaturated/α-hetero) is 1. The molecule has 2 atom stereocenters. The Morgan fingerprint density at radius 3 is 2.50 bits per heavy atom. The normalized spacial score (nSPS) is 36.7. The molecule has 0 spiro atoms. The highest BCUT2D eigenvalue weighted by Crippen LogP contribution is 2.27. The molecule has 0 saturated carbocycles. The van der Waals surface area contributed by atoms with Crippen LogP contribution in [0.3, 0.4) is 0 Å². The first-order valence-electron chi connectivity index (χ1n) is 3.86. The maximum absolute atomic E-state index is 11.3. The van der Waals surface area contributed by atoms with Crippen LogP contribution >= 0.6 is 0 Å². The summed E-state index contributed by atoms with van der Waals surface area (Å²) in [6.45, 7) is 4.53. The van der Waals surface area contributed by atoms with Crippen LogP contribution in [0.4, 0.5) is 0 Å². The standard InChI is InChI=1S/C9H12O3/c1-5-4-7(10)9(3,12)6(2)8(5)11/h4,6,12H,1-3H3. The molecule has 1 aliphatic carbocycles. The summed E-state index contributed by atoms with van der Waals surface area (Å²) in [5.41, 5.74) is -1.09. The fourth-order valence-corrected chi connectivity index (χ4v) is 1.22. The highest BCUT2D eigenvalue weighted by atomic mass is 16.3. The lowest BCUT2D eigenvalue weighted by Crippen LogP contribution is -2.47. The van der Waals surface area contributed by atoms with Gasteiger partial charge in [-0.3, -0.25) is 9.59 Å². The van der Waals surface area contributed by atoms with Crippen LogP contribution in [0, 0.1) is 5.92 Å². The summed E-state index contributed by atoms with van der Waals surface area (Å²) in [5.74, 6) is -1.17. The number of carbonyl (C=O) groups is 2. The average molecular weight is 168 g/mol. The van der Waals surface area contributed by atoms with Gasteiger partial charge in [0, 0.05) is 0 Å². The minimum absolute atomic E-state index is 0.153. The first-order valence-corrected chi connectivity index (χ1v) is 3.86. The SMILES string of the molecule is CC1=CC(=O)C(C)(O)C(C)C1=O. The Kier molecular flexibility index (Phi) is 1.92. The van der Waals surface area contributed by atoms with E-state index < -0.39 is 11.5 Å². The van der Waals surface area contributed by atoms with Crippen LogP contribution in [0.15, 0.2) is 11.6 Å². The van der Waals surface area contributed by atoms with Gasteiger partial charge in [0.15, 0.2) is 11.6 Å². The second-order valence-corrected chi connectivity index (χ2v) is 3.43. The van der Waals surface area contributed by atoms with Crippen LogP contribution in [-0.4, -0.2) is 22.3 Å². The van der Waals surface area contributed by atoms with Gasteiger partial charge in [0.2, 0.25) is 0 Å². The number of allylic oxidation sites excluding steroid dienone is 1. The molecule has 2 unspecified atom stereocenters. The van der Waals surface area contributed by atoms with Crippen molar-refractivity contribution >= 4 is 11.6 Å². The van der Waals surface area contributed by atoms with Gasteiger partial charge in [0.05, 0.1) is 5.92 Å². The Labute approximate surface area is 71.1 Å². The number of hydrogen-bond acceptors (Lipinski definition) is 3. The smallest absolute Gasteiger partial charge is 0.188 e. The van der Waals surface area contributed by atoms with Crippen LogP contribution in [0.1, 0.15) is 20.8 Å². The summed E-state index contributed by atoms with van der Waals surface area (Å²) < 4.78 is 0. The van der Waals surface area contributed by atoms with Crippen molar-refractivity contribution in [1.82, 2.24) is 0 Å². The van der Waals surface area contributed by atoms with E-state index in [1.807, 2.05) is 0 Å². The minimum atomic E-state index is -1.52. The van der Waals surface area contributed by atoms with Gasteiger partial charge in [-0.05, 0) is 25.5 Å². The van der Waals surface area contributed by atoms with E-state index in [1.165, 1.54) is 13.0 Å². The summed E-state index contributed by atoms with van der Waals surface area (Å²) >= 11 is 0. The van der Waals surface area contributed by atoms with E-state index in [1.54, 1.807) is 13.8 Å². The zero-order valence-electron chi connectivity index (χ0n) is 7.42. The predicted octanol–water partition coefficient (Wildman–Crippen LogP) is 0.472. The molecule has 66 valence electrons. The highest BCUT2D eigenvalue weighted by molar-refractivity contribution is 6.13. The van der Waals surface area contributed by atoms with Gasteiger partial charge >= 0.3 is 0 Å². The molecular weight excluding hydrogens is 156 g/mol. The monoisotopic (exact) mass is 168 g/mol. The van der Waals surface area contributed by atoms with Crippen molar-refractivity contribution in [2.24, 2.45) is 5.92 Å². The molecule has 3 nitrogen and oxygen atoms in total. The molecule has 0 fully saturated rings. The van der Waals surface area contributed by atoms with Gasteiger partial charge in [-0.15, -0.1) is 0 Å². The van der Waals surface area contributed by atoms with E-state index in [4.69, 9.17) is 0 Å². The quantitative estimate of drug-likeness (QED) is 0.572. The molecule has 3 heteroatoms. The molecule has 0 amide bonds. The Balaban J connectivity index is 3.17. The van der Waals surface area contributed by atoms with Crippen molar-refractivity contribution in [3.05, 3.63) is 11.6 Å². The molecule has 0 aromatic heterocycles. The number of aliphatic hydroxyl groups is 1. The fourth-order valence-electron chi connectivity index (χ4n) is 1.22.